The number of anilines is 1. The number of nitrogens with zero attached hydrogens (tertiary/aromatic N) is 2. The Bertz CT molecular complexity index is 720. The van der Waals surface area contributed by atoms with Crippen LogP contribution in [0, 0.1) is 11.7 Å². The van der Waals surface area contributed by atoms with Crippen LogP contribution in [0.4, 0.5) is 10.1 Å². The molecule has 146 valence electrons. The molecule has 3 rings (SSSR count). The summed E-state index contributed by atoms with van der Waals surface area (Å²) in [6.45, 7) is 12.1. The molecule has 0 N–H and O–H groups in total. The molecule has 0 aromatic heterocycles. The first-order chi connectivity index (χ1) is 13.1. The van der Waals surface area contributed by atoms with E-state index >= 15 is 0 Å². The van der Waals surface area contributed by atoms with Gasteiger partial charge in [-0.15, -0.1) is 0 Å². The lowest BCUT2D eigenvalue weighted by molar-refractivity contribution is 0.260. The van der Waals surface area contributed by atoms with Gasteiger partial charge < -0.3 is 4.90 Å². The van der Waals surface area contributed by atoms with Gasteiger partial charge in [0.1, 0.15) is 5.82 Å². The van der Waals surface area contributed by atoms with E-state index in [4.69, 9.17) is 0 Å². The normalized spacial score (nSPS) is 16.7. The maximum Gasteiger partial charge on any atom is 0.125 e. The smallest absolute Gasteiger partial charge is 0.125 e. The van der Waals surface area contributed by atoms with E-state index in [1.165, 1.54) is 23.6 Å². The second-order valence-corrected chi connectivity index (χ2v) is 8.02. The fraction of sp³-hybridized carbons (Fsp3) is 0.500. The standard InChI is InChI=1S/C24H33FN2/c1-4-23(19(2)3)24-11-6-5-8-20(24)12-13-26-14-16-27(17-15-26)22-10-7-9-21(25)18-22/h5-11,18-19,23H,4,12-17H2,1-3H3. The lowest BCUT2D eigenvalue weighted by atomic mass is 9.83. The summed E-state index contributed by atoms with van der Waals surface area (Å²) < 4.78 is 13.5. The first-order valence-corrected chi connectivity index (χ1v) is 10.4. The van der Waals surface area contributed by atoms with E-state index in [2.05, 4.69) is 54.8 Å². The van der Waals surface area contributed by atoms with E-state index in [0.717, 1.165) is 44.8 Å². The fourth-order valence-electron chi connectivity index (χ4n) is 4.36. The Morgan fingerprint density at radius 3 is 2.37 bits per heavy atom. The number of hydrogen-bond donors (Lipinski definition) is 0. The van der Waals surface area contributed by atoms with Crippen molar-refractivity contribution in [3.05, 3.63) is 65.5 Å². The molecule has 0 bridgehead atoms. The maximum absolute atomic E-state index is 13.5. The zero-order valence-corrected chi connectivity index (χ0v) is 17.0. The molecule has 3 heteroatoms. The Morgan fingerprint density at radius 2 is 1.70 bits per heavy atom. The van der Waals surface area contributed by atoms with Crippen molar-refractivity contribution in [1.82, 2.24) is 4.90 Å². The van der Waals surface area contributed by atoms with E-state index in [0.29, 0.717) is 11.8 Å². The molecular weight excluding hydrogens is 335 g/mol. The van der Waals surface area contributed by atoms with E-state index in [-0.39, 0.29) is 5.82 Å². The third-order valence-corrected chi connectivity index (χ3v) is 5.94. The van der Waals surface area contributed by atoms with E-state index in [1.807, 2.05) is 6.07 Å². The summed E-state index contributed by atoms with van der Waals surface area (Å²) in [6.07, 6.45) is 2.31. The molecule has 1 aliphatic heterocycles. The highest BCUT2D eigenvalue weighted by Gasteiger charge is 2.20. The molecule has 27 heavy (non-hydrogen) atoms. The van der Waals surface area contributed by atoms with Crippen LogP contribution in [0.15, 0.2) is 48.5 Å². The summed E-state index contributed by atoms with van der Waals surface area (Å²) in [5.74, 6) is 1.17. The van der Waals surface area contributed by atoms with Gasteiger partial charge in [0.05, 0.1) is 0 Å². The topological polar surface area (TPSA) is 6.48 Å². The van der Waals surface area contributed by atoms with Crippen molar-refractivity contribution < 1.29 is 4.39 Å². The average Bonchev–Trinajstić information content (AvgIpc) is 2.68. The van der Waals surface area contributed by atoms with Gasteiger partial charge in [-0.1, -0.05) is 51.1 Å². The molecule has 0 amide bonds. The molecule has 0 saturated carbocycles. The summed E-state index contributed by atoms with van der Waals surface area (Å²) in [4.78, 5) is 4.84. The van der Waals surface area contributed by atoms with Gasteiger partial charge in [-0.3, -0.25) is 4.90 Å². The van der Waals surface area contributed by atoms with Gasteiger partial charge in [-0.25, -0.2) is 4.39 Å². The zero-order chi connectivity index (χ0) is 19.2. The van der Waals surface area contributed by atoms with Gasteiger partial charge in [0.2, 0.25) is 0 Å². The molecule has 2 aromatic carbocycles. The Morgan fingerprint density at radius 1 is 0.963 bits per heavy atom. The van der Waals surface area contributed by atoms with Crippen molar-refractivity contribution in [2.24, 2.45) is 5.92 Å². The van der Waals surface area contributed by atoms with Crippen molar-refractivity contribution in [2.45, 2.75) is 39.5 Å². The van der Waals surface area contributed by atoms with Crippen molar-refractivity contribution in [2.75, 3.05) is 37.6 Å². The van der Waals surface area contributed by atoms with Gasteiger partial charge >= 0.3 is 0 Å². The van der Waals surface area contributed by atoms with Crippen molar-refractivity contribution >= 4 is 5.69 Å². The molecule has 0 radical (unpaired) electrons. The highest BCUT2D eigenvalue weighted by molar-refractivity contribution is 5.46. The fourth-order valence-corrected chi connectivity index (χ4v) is 4.36. The summed E-state index contributed by atoms with van der Waals surface area (Å²) in [5, 5.41) is 0. The van der Waals surface area contributed by atoms with Gasteiger partial charge in [-0.2, -0.15) is 0 Å². The van der Waals surface area contributed by atoms with Gasteiger partial charge in [0, 0.05) is 38.4 Å². The van der Waals surface area contributed by atoms with Gasteiger partial charge in [0.25, 0.3) is 0 Å². The molecule has 1 fully saturated rings. The second kappa shape index (κ2) is 9.36. The summed E-state index contributed by atoms with van der Waals surface area (Å²) in [7, 11) is 0. The Hall–Kier alpha value is -1.87. The number of benzene rings is 2. The highest BCUT2D eigenvalue weighted by atomic mass is 19.1. The van der Waals surface area contributed by atoms with Crippen molar-refractivity contribution in [1.29, 1.82) is 0 Å². The highest BCUT2D eigenvalue weighted by Crippen LogP contribution is 2.30. The van der Waals surface area contributed by atoms with Crippen LogP contribution >= 0.6 is 0 Å². The van der Waals surface area contributed by atoms with Crippen molar-refractivity contribution in [3.8, 4) is 0 Å². The lowest BCUT2D eigenvalue weighted by Gasteiger charge is -2.36. The second-order valence-electron chi connectivity index (χ2n) is 8.02. The average molecular weight is 369 g/mol. The minimum absolute atomic E-state index is 0.151. The third-order valence-electron chi connectivity index (χ3n) is 5.94. The molecule has 0 aliphatic carbocycles. The molecule has 2 nitrogen and oxygen atoms in total. The van der Waals surface area contributed by atoms with Crippen LogP contribution in [0.3, 0.4) is 0 Å². The first-order valence-electron chi connectivity index (χ1n) is 10.4. The van der Waals surface area contributed by atoms with Crippen LogP contribution < -0.4 is 4.90 Å². The van der Waals surface area contributed by atoms with Crippen LogP contribution in [-0.2, 0) is 6.42 Å². The number of rotatable bonds is 7. The van der Waals surface area contributed by atoms with Crippen LogP contribution in [-0.4, -0.2) is 37.6 Å². The largest absolute Gasteiger partial charge is 0.369 e. The van der Waals surface area contributed by atoms with Crippen LogP contribution in [0.5, 0.6) is 0 Å². The van der Waals surface area contributed by atoms with E-state index in [9.17, 15) is 4.39 Å². The molecule has 0 spiro atoms. The summed E-state index contributed by atoms with van der Waals surface area (Å²) in [5.41, 5.74) is 4.04. The van der Waals surface area contributed by atoms with Crippen LogP contribution in [0.2, 0.25) is 0 Å². The van der Waals surface area contributed by atoms with E-state index in [1.54, 1.807) is 12.1 Å². The van der Waals surface area contributed by atoms with Crippen LogP contribution in [0.1, 0.15) is 44.2 Å². The summed E-state index contributed by atoms with van der Waals surface area (Å²) in [6, 6.07) is 15.9. The monoisotopic (exact) mass is 368 g/mol. The number of piperazine rings is 1. The molecule has 1 aliphatic rings. The number of halogens is 1. The molecular formula is C24H33FN2. The maximum atomic E-state index is 13.5. The molecule has 1 heterocycles. The van der Waals surface area contributed by atoms with Crippen molar-refractivity contribution in [3.63, 3.8) is 0 Å². The zero-order valence-electron chi connectivity index (χ0n) is 17.0. The Balaban J connectivity index is 1.56. The SMILES string of the molecule is CCC(c1ccccc1CCN1CCN(c2cccc(F)c2)CC1)C(C)C. The predicted molar refractivity (Wildman–Crippen MR) is 113 cm³/mol. The Kier molecular flexibility index (Phi) is 6.89. The minimum Gasteiger partial charge on any atom is -0.369 e. The predicted octanol–water partition coefficient (Wildman–Crippen LogP) is 5.34. The molecule has 1 atom stereocenters. The van der Waals surface area contributed by atoms with Crippen LogP contribution in [0.25, 0.3) is 0 Å². The number of hydrogen-bond acceptors (Lipinski definition) is 2. The van der Waals surface area contributed by atoms with Gasteiger partial charge in [-0.05, 0) is 54.0 Å². The molecule has 1 unspecified atom stereocenters. The molecule has 1 saturated heterocycles. The minimum atomic E-state index is -0.151. The van der Waals surface area contributed by atoms with E-state index < -0.39 is 0 Å². The molecule has 2 aromatic rings. The first kappa shape index (κ1) is 19.9. The Labute approximate surface area is 164 Å². The quantitative estimate of drug-likeness (QED) is 0.651. The lowest BCUT2D eigenvalue weighted by Crippen LogP contribution is -2.47. The van der Waals surface area contributed by atoms with Gasteiger partial charge in [0.15, 0.2) is 0 Å². The summed E-state index contributed by atoms with van der Waals surface area (Å²) >= 11 is 0. The third kappa shape index (κ3) is 5.10.